The second kappa shape index (κ2) is 7.26. The maximum atomic E-state index is 5.46. The fourth-order valence-corrected chi connectivity index (χ4v) is 3.54. The maximum Gasteiger partial charge on any atom is 0.232 e. The molecule has 0 saturated carbocycles. The number of hydrogen-bond acceptors (Lipinski definition) is 6. The lowest BCUT2D eigenvalue weighted by molar-refractivity contribution is 0.334. The van der Waals surface area contributed by atoms with Crippen LogP contribution in [0.3, 0.4) is 0 Å². The minimum atomic E-state index is 0.372. The van der Waals surface area contributed by atoms with Crippen LogP contribution in [0.1, 0.15) is 31.0 Å². The highest BCUT2D eigenvalue weighted by Gasteiger charge is 2.32. The van der Waals surface area contributed by atoms with Crippen molar-refractivity contribution in [2.24, 2.45) is 0 Å². The van der Waals surface area contributed by atoms with Gasteiger partial charge in [0.2, 0.25) is 5.89 Å². The van der Waals surface area contributed by atoms with Crippen molar-refractivity contribution in [2.75, 3.05) is 38.7 Å². The van der Waals surface area contributed by atoms with E-state index in [2.05, 4.69) is 41.4 Å². The van der Waals surface area contributed by atoms with Crippen molar-refractivity contribution < 1.29 is 4.52 Å². The van der Waals surface area contributed by atoms with Gasteiger partial charge < -0.3 is 14.7 Å². The first-order chi connectivity index (χ1) is 9.20. The lowest BCUT2D eigenvalue weighted by Gasteiger charge is -2.16. The standard InChI is InChI=1S/C13H24N4OS/c1-4-6-14-11-9-19-8-10(11)13-15-12(16-18-13)5-7-17(2)3/h10-11,14H,4-9H2,1-3H3. The van der Waals surface area contributed by atoms with Crippen LogP contribution in [0, 0.1) is 0 Å². The van der Waals surface area contributed by atoms with Crippen molar-refractivity contribution in [1.82, 2.24) is 20.4 Å². The van der Waals surface area contributed by atoms with Crippen molar-refractivity contribution >= 4 is 11.8 Å². The summed E-state index contributed by atoms with van der Waals surface area (Å²) in [6, 6.07) is 0.479. The second-order valence-corrected chi connectivity index (χ2v) is 6.38. The molecule has 1 aromatic heterocycles. The zero-order valence-corrected chi connectivity index (χ0v) is 12.9. The Labute approximate surface area is 119 Å². The van der Waals surface area contributed by atoms with Crippen molar-refractivity contribution in [3.63, 3.8) is 0 Å². The van der Waals surface area contributed by atoms with E-state index in [-0.39, 0.29) is 0 Å². The molecule has 5 nitrogen and oxygen atoms in total. The Morgan fingerprint density at radius 1 is 1.42 bits per heavy atom. The van der Waals surface area contributed by atoms with E-state index in [9.17, 15) is 0 Å². The molecular formula is C13H24N4OS. The predicted molar refractivity (Wildman–Crippen MR) is 78.7 cm³/mol. The van der Waals surface area contributed by atoms with Crippen LogP contribution < -0.4 is 5.32 Å². The average Bonchev–Trinajstić information content (AvgIpc) is 3.02. The minimum absolute atomic E-state index is 0.372. The molecule has 2 heterocycles. The van der Waals surface area contributed by atoms with Crippen molar-refractivity contribution in [3.05, 3.63) is 11.7 Å². The van der Waals surface area contributed by atoms with Crippen LogP contribution in [-0.2, 0) is 6.42 Å². The molecule has 2 unspecified atom stereocenters. The zero-order chi connectivity index (χ0) is 13.7. The Bertz CT molecular complexity index is 382. The molecule has 1 fully saturated rings. The monoisotopic (exact) mass is 284 g/mol. The van der Waals surface area contributed by atoms with Crippen molar-refractivity contribution in [1.29, 1.82) is 0 Å². The molecule has 0 bridgehead atoms. The molecule has 0 spiro atoms. The van der Waals surface area contributed by atoms with Crippen LogP contribution in [0.4, 0.5) is 0 Å². The first-order valence-electron chi connectivity index (χ1n) is 6.99. The van der Waals surface area contributed by atoms with E-state index in [1.165, 1.54) is 0 Å². The molecule has 2 atom stereocenters. The van der Waals surface area contributed by atoms with Gasteiger partial charge in [0.05, 0.1) is 5.92 Å². The van der Waals surface area contributed by atoms with Gasteiger partial charge in [-0.25, -0.2) is 0 Å². The summed E-state index contributed by atoms with van der Waals surface area (Å²) in [7, 11) is 4.11. The molecule has 2 rings (SSSR count). The molecule has 1 aliphatic heterocycles. The zero-order valence-electron chi connectivity index (χ0n) is 12.1. The highest BCUT2D eigenvalue weighted by molar-refractivity contribution is 7.99. The van der Waals surface area contributed by atoms with E-state index in [4.69, 9.17) is 4.52 Å². The molecule has 1 aliphatic rings. The molecule has 1 aromatic rings. The van der Waals surface area contributed by atoms with Crippen LogP contribution in [0.2, 0.25) is 0 Å². The van der Waals surface area contributed by atoms with E-state index in [0.717, 1.165) is 49.2 Å². The number of aromatic nitrogens is 2. The molecular weight excluding hydrogens is 260 g/mol. The normalized spacial score (nSPS) is 23.4. The Hall–Kier alpha value is -0.590. The summed E-state index contributed by atoms with van der Waals surface area (Å²) in [5.74, 6) is 4.23. The molecule has 0 aromatic carbocycles. The topological polar surface area (TPSA) is 54.2 Å². The van der Waals surface area contributed by atoms with E-state index >= 15 is 0 Å². The predicted octanol–water partition coefficient (Wildman–Crippen LogP) is 1.37. The van der Waals surface area contributed by atoms with Crippen LogP contribution in [0.15, 0.2) is 4.52 Å². The van der Waals surface area contributed by atoms with Gasteiger partial charge in [-0.05, 0) is 27.1 Å². The fourth-order valence-electron chi connectivity index (χ4n) is 2.17. The highest BCUT2D eigenvalue weighted by atomic mass is 32.2. The Balaban J connectivity index is 1.93. The number of hydrogen-bond donors (Lipinski definition) is 1. The van der Waals surface area contributed by atoms with E-state index in [0.29, 0.717) is 12.0 Å². The van der Waals surface area contributed by atoms with Gasteiger partial charge in [0.15, 0.2) is 5.82 Å². The largest absolute Gasteiger partial charge is 0.339 e. The van der Waals surface area contributed by atoms with Gasteiger partial charge in [0.1, 0.15) is 0 Å². The number of rotatable bonds is 7. The minimum Gasteiger partial charge on any atom is -0.339 e. The maximum absolute atomic E-state index is 5.46. The van der Waals surface area contributed by atoms with E-state index in [1.54, 1.807) is 0 Å². The van der Waals surface area contributed by atoms with Crippen LogP contribution >= 0.6 is 11.8 Å². The average molecular weight is 284 g/mol. The van der Waals surface area contributed by atoms with Gasteiger partial charge in [0, 0.05) is 30.5 Å². The Morgan fingerprint density at radius 2 is 2.26 bits per heavy atom. The molecule has 0 aliphatic carbocycles. The first kappa shape index (κ1) is 14.8. The molecule has 19 heavy (non-hydrogen) atoms. The van der Waals surface area contributed by atoms with Crippen molar-refractivity contribution in [2.45, 2.75) is 31.7 Å². The number of likely N-dealkylation sites (N-methyl/N-ethyl adjacent to an activating group) is 1. The molecule has 108 valence electrons. The SMILES string of the molecule is CCCNC1CSCC1c1nc(CCN(C)C)no1. The fraction of sp³-hybridized carbons (Fsp3) is 0.846. The van der Waals surface area contributed by atoms with E-state index in [1.807, 2.05) is 11.8 Å². The van der Waals surface area contributed by atoms with Crippen LogP contribution in [0.5, 0.6) is 0 Å². The first-order valence-corrected chi connectivity index (χ1v) is 8.14. The Morgan fingerprint density at radius 3 is 3.00 bits per heavy atom. The summed E-state index contributed by atoms with van der Waals surface area (Å²) < 4.78 is 5.46. The van der Waals surface area contributed by atoms with Gasteiger partial charge in [-0.1, -0.05) is 12.1 Å². The summed E-state index contributed by atoms with van der Waals surface area (Å²) in [5, 5.41) is 7.68. The second-order valence-electron chi connectivity index (χ2n) is 5.31. The smallest absolute Gasteiger partial charge is 0.232 e. The molecule has 1 saturated heterocycles. The van der Waals surface area contributed by atoms with Crippen LogP contribution in [0.25, 0.3) is 0 Å². The highest BCUT2D eigenvalue weighted by Crippen LogP contribution is 2.31. The third kappa shape index (κ3) is 4.19. The molecule has 0 radical (unpaired) electrons. The number of nitrogens with zero attached hydrogens (tertiary/aromatic N) is 3. The lowest BCUT2D eigenvalue weighted by Crippen LogP contribution is -2.34. The summed E-state index contributed by atoms with van der Waals surface area (Å²) in [5.41, 5.74) is 0. The molecule has 6 heteroatoms. The van der Waals surface area contributed by atoms with Gasteiger partial charge in [-0.2, -0.15) is 16.7 Å². The van der Waals surface area contributed by atoms with E-state index < -0.39 is 0 Å². The third-order valence-corrected chi connectivity index (χ3v) is 4.51. The molecule has 1 N–H and O–H groups in total. The van der Waals surface area contributed by atoms with Gasteiger partial charge in [-0.3, -0.25) is 0 Å². The van der Waals surface area contributed by atoms with Crippen LogP contribution in [-0.4, -0.2) is 59.8 Å². The van der Waals surface area contributed by atoms with Gasteiger partial charge >= 0.3 is 0 Å². The lowest BCUT2D eigenvalue weighted by atomic mass is 10.0. The molecule has 0 amide bonds. The van der Waals surface area contributed by atoms with Crippen molar-refractivity contribution in [3.8, 4) is 0 Å². The number of nitrogens with one attached hydrogen (secondary N) is 1. The van der Waals surface area contributed by atoms with Gasteiger partial charge in [0.25, 0.3) is 0 Å². The third-order valence-electron chi connectivity index (χ3n) is 3.32. The summed E-state index contributed by atoms with van der Waals surface area (Å²) >= 11 is 1.96. The summed E-state index contributed by atoms with van der Waals surface area (Å²) in [4.78, 5) is 6.70. The quantitative estimate of drug-likeness (QED) is 0.816. The van der Waals surface area contributed by atoms with Gasteiger partial charge in [-0.15, -0.1) is 0 Å². The summed E-state index contributed by atoms with van der Waals surface area (Å²) in [6.07, 6.45) is 2.01. The number of thioether (sulfide) groups is 1. The summed E-state index contributed by atoms with van der Waals surface area (Å²) in [6.45, 7) is 4.20. The Kier molecular flexibility index (Phi) is 5.66.